The predicted molar refractivity (Wildman–Crippen MR) is 112 cm³/mol. The monoisotopic (exact) mass is 416 g/mol. The molecule has 0 heterocycles. The van der Waals surface area contributed by atoms with Crippen molar-refractivity contribution in [1.82, 2.24) is 10.0 Å². The Kier molecular flexibility index (Phi) is 6.92. The zero-order valence-electron chi connectivity index (χ0n) is 16.9. The van der Waals surface area contributed by atoms with Gasteiger partial charge >= 0.3 is 0 Å². The van der Waals surface area contributed by atoms with Crippen molar-refractivity contribution in [3.05, 3.63) is 59.7 Å². The second kappa shape index (κ2) is 9.41. The first-order valence-corrected chi connectivity index (χ1v) is 11.4. The third-order valence-corrected chi connectivity index (χ3v) is 6.33. The Morgan fingerprint density at radius 2 is 1.86 bits per heavy atom. The molecule has 3 rings (SSSR count). The fourth-order valence-corrected chi connectivity index (χ4v) is 4.58. The number of benzene rings is 2. The molecular weight excluding hydrogens is 388 g/mol. The van der Waals surface area contributed by atoms with Crippen LogP contribution in [-0.4, -0.2) is 27.5 Å². The van der Waals surface area contributed by atoms with E-state index in [1.807, 2.05) is 26.0 Å². The van der Waals surface area contributed by atoms with Crippen molar-refractivity contribution in [2.45, 2.75) is 44.0 Å². The van der Waals surface area contributed by atoms with E-state index in [2.05, 4.69) is 22.2 Å². The molecule has 0 radical (unpaired) electrons. The summed E-state index contributed by atoms with van der Waals surface area (Å²) in [5, 5.41) is 3.04. The van der Waals surface area contributed by atoms with Crippen LogP contribution >= 0.6 is 0 Å². The molecular formula is C22H28N2O4S. The van der Waals surface area contributed by atoms with E-state index in [1.165, 1.54) is 23.3 Å². The van der Waals surface area contributed by atoms with Gasteiger partial charge in [0.05, 0.1) is 10.9 Å². The van der Waals surface area contributed by atoms with Crippen LogP contribution in [0.1, 0.15) is 43.9 Å². The highest BCUT2D eigenvalue weighted by Crippen LogP contribution is 2.29. The molecule has 1 amide bonds. The van der Waals surface area contributed by atoms with E-state index in [9.17, 15) is 13.2 Å². The fraction of sp³-hybridized carbons (Fsp3) is 0.409. The normalized spacial score (nSPS) is 16.3. The summed E-state index contributed by atoms with van der Waals surface area (Å²) in [7, 11) is -3.54. The van der Waals surface area contributed by atoms with Crippen LogP contribution in [0.4, 0.5) is 0 Å². The van der Waals surface area contributed by atoms with E-state index in [0.717, 1.165) is 19.3 Å². The van der Waals surface area contributed by atoms with Gasteiger partial charge in [0.15, 0.2) is 6.61 Å². The second-order valence-corrected chi connectivity index (χ2v) is 9.48. The number of sulfonamides is 1. The third kappa shape index (κ3) is 5.81. The maximum absolute atomic E-state index is 12.3. The number of carbonyl (C=O) groups excluding carboxylic acids is 1. The fourth-order valence-electron chi connectivity index (χ4n) is 3.36. The van der Waals surface area contributed by atoms with Gasteiger partial charge in [-0.1, -0.05) is 38.1 Å². The SMILES string of the molecule is CC(C)CNS(=O)(=O)c1ccc(OCC(=O)NC2CCCc3ccccc32)cc1. The Morgan fingerprint density at radius 1 is 1.14 bits per heavy atom. The Bertz CT molecular complexity index is 940. The zero-order valence-corrected chi connectivity index (χ0v) is 17.7. The minimum atomic E-state index is -3.54. The van der Waals surface area contributed by atoms with Gasteiger partial charge in [-0.15, -0.1) is 0 Å². The standard InChI is InChI=1S/C22H28N2O4S/c1-16(2)14-23-29(26,27)19-12-10-18(11-13-19)28-15-22(25)24-21-9-5-7-17-6-3-4-8-20(17)21/h3-4,6,8,10-13,16,21,23H,5,7,9,14-15H2,1-2H3,(H,24,25). The van der Waals surface area contributed by atoms with Crippen LogP contribution in [-0.2, 0) is 21.2 Å². The molecule has 0 spiro atoms. The predicted octanol–water partition coefficient (Wildman–Crippen LogP) is 3.19. The van der Waals surface area contributed by atoms with E-state index in [0.29, 0.717) is 12.3 Å². The lowest BCUT2D eigenvalue weighted by atomic mass is 9.88. The van der Waals surface area contributed by atoms with Crippen LogP contribution in [0.25, 0.3) is 0 Å². The van der Waals surface area contributed by atoms with Crippen molar-refractivity contribution in [1.29, 1.82) is 0 Å². The number of amides is 1. The van der Waals surface area contributed by atoms with Crippen molar-refractivity contribution in [2.24, 2.45) is 5.92 Å². The molecule has 2 aromatic carbocycles. The molecule has 1 aliphatic carbocycles. The van der Waals surface area contributed by atoms with E-state index < -0.39 is 10.0 Å². The van der Waals surface area contributed by atoms with Gasteiger partial charge in [-0.3, -0.25) is 4.79 Å². The molecule has 7 heteroatoms. The lowest BCUT2D eigenvalue weighted by Gasteiger charge is -2.26. The Balaban J connectivity index is 1.53. The van der Waals surface area contributed by atoms with Crippen molar-refractivity contribution < 1.29 is 17.9 Å². The van der Waals surface area contributed by atoms with Gasteiger partial charge in [0.2, 0.25) is 10.0 Å². The third-order valence-electron chi connectivity index (χ3n) is 4.89. The highest BCUT2D eigenvalue weighted by atomic mass is 32.2. The van der Waals surface area contributed by atoms with Gasteiger partial charge in [0.1, 0.15) is 5.75 Å². The van der Waals surface area contributed by atoms with E-state index in [4.69, 9.17) is 4.74 Å². The van der Waals surface area contributed by atoms with Crippen molar-refractivity contribution in [3.63, 3.8) is 0 Å². The maximum atomic E-state index is 12.3. The van der Waals surface area contributed by atoms with Gasteiger partial charge in [-0.2, -0.15) is 0 Å². The minimum Gasteiger partial charge on any atom is -0.484 e. The molecule has 1 atom stereocenters. The second-order valence-electron chi connectivity index (χ2n) is 7.72. The zero-order chi connectivity index (χ0) is 20.9. The van der Waals surface area contributed by atoms with Gasteiger partial charge < -0.3 is 10.1 Å². The summed E-state index contributed by atoms with van der Waals surface area (Å²) in [6.07, 6.45) is 3.00. The van der Waals surface area contributed by atoms with E-state index >= 15 is 0 Å². The number of aryl methyl sites for hydroxylation is 1. The minimum absolute atomic E-state index is 0.00982. The smallest absolute Gasteiger partial charge is 0.258 e. The molecule has 29 heavy (non-hydrogen) atoms. The summed E-state index contributed by atoms with van der Waals surface area (Å²) in [6, 6.07) is 14.3. The highest BCUT2D eigenvalue weighted by molar-refractivity contribution is 7.89. The molecule has 1 aliphatic rings. The van der Waals surface area contributed by atoms with Gasteiger partial charge in [-0.25, -0.2) is 13.1 Å². The number of hydrogen-bond donors (Lipinski definition) is 2. The number of nitrogens with one attached hydrogen (secondary N) is 2. The lowest BCUT2D eigenvalue weighted by molar-refractivity contribution is -0.124. The number of carbonyl (C=O) groups is 1. The van der Waals surface area contributed by atoms with E-state index in [-0.39, 0.29) is 29.4 Å². The molecule has 2 aromatic rings. The average Bonchev–Trinajstić information content (AvgIpc) is 2.71. The maximum Gasteiger partial charge on any atom is 0.258 e. The molecule has 0 saturated carbocycles. The van der Waals surface area contributed by atoms with Crippen molar-refractivity contribution in [3.8, 4) is 5.75 Å². The number of hydrogen-bond acceptors (Lipinski definition) is 4. The van der Waals surface area contributed by atoms with Crippen LogP contribution in [0.2, 0.25) is 0 Å². The van der Waals surface area contributed by atoms with Crippen molar-refractivity contribution >= 4 is 15.9 Å². The van der Waals surface area contributed by atoms with Crippen LogP contribution in [0, 0.1) is 5.92 Å². The summed E-state index contributed by atoms with van der Waals surface area (Å²) in [5.41, 5.74) is 2.46. The number of fused-ring (bicyclic) bond motifs is 1. The van der Waals surface area contributed by atoms with Crippen LogP contribution in [0.3, 0.4) is 0 Å². The molecule has 0 aromatic heterocycles. The topological polar surface area (TPSA) is 84.5 Å². The summed E-state index contributed by atoms with van der Waals surface area (Å²) >= 11 is 0. The molecule has 0 saturated heterocycles. The average molecular weight is 417 g/mol. The highest BCUT2D eigenvalue weighted by Gasteiger charge is 2.21. The molecule has 0 aliphatic heterocycles. The van der Waals surface area contributed by atoms with Crippen LogP contribution in [0.5, 0.6) is 5.75 Å². The van der Waals surface area contributed by atoms with Gasteiger partial charge in [-0.05, 0) is 60.6 Å². The number of ether oxygens (including phenoxy) is 1. The molecule has 1 unspecified atom stereocenters. The van der Waals surface area contributed by atoms with E-state index in [1.54, 1.807) is 12.1 Å². The summed E-state index contributed by atoms with van der Waals surface area (Å²) < 4.78 is 32.5. The largest absolute Gasteiger partial charge is 0.484 e. The first kappa shape index (κ1) is 21.3. The Labute approximate surface area is 172 Å². The molecule has 0 bridgehead atoms. The molecule has 2 N–H and O–H groups in total. The summed E-state index contributed by atoms with van der Waals surface area (Å²) in [6.45, 7) is 4.15. The quantitative estimate of drug-likeness (QED) is 0.692. The molecule has 6 nitrogen and oxygen atoms in total. The van der Waals surface area contributed by atoms with Crippen molar-refractivity contribution in [2.75, 3.05) is 13.2 Å². The lowest BCUT2D eigenvalue weighted by Crippen LogP contribution is -2.34. The Hall–Kier alpha value is -2.38. The molecule has 0 fully saturated rings. The number of rotatable bonds is 8. The first-order chi connectivity index (χ1) is 13.8. The summed E-state index contributed by atoms with van der Waals surface area (Å²) in [4.78, 5) is 12.5. The van der Waals surface area contributed by atoms with Gasteiger partial charge in [0, 0.05) is 6.54 Å². The van der Waals surface area contributed by atoms with Gasteiger partial charge in [0.25, 0.3) is 5.91 Å². The molecule has 156 valence electrons. The van der Waals surface area contributed by atoms with Crippen LogP contribution < -0.4 is 14.8 Å². The Morgan fingerprint density at radius 3 is 2.59 bits per heavy atom. The van der Waals surface area contributed by atoms with Crippen LogP contribution in [0.15, 0.2) is 53.4 Å². The summed E-state index contributed by atoms with van der Waals surface area (Å²) in [5.74, 6) is 0.482. The first-order valence-electron chi connectivity index (χ1n) is 9.95.